The van der Waals surface area contributed by atoms with E-state index >= 15 is 0 Å². The van der Waals surface area contributed by atoms with Crippen LogP contribution in [0.25, 0.3) is 0 Å². The van der Waals surface area contributed by atoms with Gasteiger partial charge >= 0.3 is 0 Å². The van der Waals surface area contributed by atoms with Crippen molar-refractivity contribution in [2.75, 3.05) is 23.5 Å². The molecule has 0 atom stereocenters. The molecule has 0 aliphatic carbocycles. The highest BCUT2D eigenvalue weighted by Crippen LogP contribution is 2.24. The number of carbonyl (C=O) groups excluding carboxylic acids is 2. The van der Waals surface area contributed by atoms with Crippen LogP contribution in [0.15, 0.2) is 29.6 Å². The number of para-hydroxylation sites is 2. The van der Waals surface area contributed by atoms with E-state index in [0.29, 0.717) is 29.7 Å². The second kappa shape index (κ2) is 10.3. The second-order valence-corrected chi connectivity index (χ2v) is 9.40. The van der Waals surface area contributed by atoms with E-state index < -0.39 is 28.3 Å². The van der Waals surface area contributed by atoms with E-state index in [9.17, 15) is 18.0 Å². The largest absolute Gasteiger partial charge is 0.491 e. The van der Waals surface area contributed by atoms with Crippen molar-refractivity contribution in [2.24, 2.45) is 5.92 Å². The Morgan fingerprint density at radius 1 is 1.17 bits per heavy atom. The molecule has 1 heterocycles. The SMILES string of the molecule is CC(C)COc1ccccc1NC(=O)CC(=O)Nc1nc(CNS(C)(=O)=O)cs1. The molecule has 9 nitrogen and oxygen atoms in total. The fourth-order valence-corrected chi connectivity index (χ4v) is 3.24. The lowest BCUT2D eigenvalue weighted by atomic mass is 10.2. The summed E-state index contributed by atoms with van der Waals surface area (Å²) in [6, 6.07) is 7.02. The number of sulfonamides is 1. The summed E-state index contributed by atoms with van der Waals surface area (Å²) < 4.78 is 30.2. The predicted molar refractivity (Wildman–Crippen MR) is 112 cm³/mol. The zero-order valence-corrected chi connectivity index (χ0v) is 18.0. The lowest BCUT2D eigenvalue weighted by molar-refractivity contribution is -0.123. The molecule has 0 spiro atoms. The highest BCUT2D eigenvalue weighted by atomic mass is 32.2. The number of amides is 2. The van der Waals surface area contributed by atoms with Gasteiger partial charge in [0.25, 0.3) is 0 Å². The van der Waals surface area contributed by atoms with Gasteiger partial charge < -0.3 is 15.4 Å². The van der Waals surface area contributed by atoms with Crippen LogP contribution in [0.3, 0.4) is 0 Å². The first-order valence-corrected chi connectivity index (χ1v) is 11.6. The predicted octanol–water partition coefficient (Wildman–Crippen LogP) is 2.19. The van der Waals surface area contributed by atoms with Gasteiger partial charge in [0, 0.05) is 5.38 Å². The summed E-state index contributed by atoms with van der Waals surface area (Å²) in [4.78, 5) is 28.4. The van der Waals surface area contributed by atoms with Gasteiger partial charge in [0.1, 0.15) is 12.2 Å². The number of ether oxygens (including phenoxy) is 1. The molecule has 0 unspecified atom stereocenters. The van der Waals surface area contributed by atoms with Crippen molar-refractivity contribution in [1.82, 2.24) is 9.71 Å². The number of thiazole rings is 1. The Morgan fingerprint density at radius 2 is 1.86 bits per heavy atom. The van der Waals surface area contributed by atoms with Gasteiger partial charge in [-0.05, 0) is 18.1 Å². The number of nitrogens with one attached hydrogen (secondary N) is 3. The zero-order valence-electron chi connectivity index (χ0n) is 16.4. The van der Waals surface area contributed by atoms with Gasteiger partial charge in [0.05, 0.1) is 30.8 Å². The van der Waals surface area contributed by atoms with Gasteiger partial charge in [-0.15, -0.1) is 11.3 Å². The molecular formula is C18H24N4O5S2. The molecule has 0 fully saturated rings. The third kappa shape index (κ3) is 8.59. The normalized spacial score (nSPS) is 11.3. The van der Waals surface area contributed by atoms with E-state index in [-0.39, 0.29) is 11.7 Å². The van der Waals surface area contributed by atoms with E-state index in [2.05, 4.69) is 20.3 Å². The molecule has 3 N–H and O–H groups in total. The number of aromatic nitrogens is 1. The molecule has 1 aromatic heterocycles. The van der Waals surface area contributed by atoms with Gasteiger partial charge in [0.15, 0.2) is 5.13 Å². The summed E-state index contributed by atoms with van der Waals surface area (Å²) in [5, 5.41) is 7.11. The number of hydrogen-bond acceptors (Lipinski definition) is 7. The molecule has 0 aliphatic rings. The molecule has 0 saturated heterocycles. The highest BCUT2D eigenvalue weighted by Gasteiger charge is 2.14. The maximum Gasteiger partial charge on any atom is 0.235 e. The van der Waals surface area contributed by atoms with Crippen LogP contribution >= 0.6 is 11.3 Å². The van der Waals surface area contributed by atoms with Crippen molar-refractivity contribution in [3.05, 3.63) is 35.3 Å². The molecular weight excluding hydrogens is 416 g/mol. The monoisotopic (exact) mass is 440 g/mol. The smallest absolute Gasteiger partial charge is 0.235 e. The summed E-state index contributed by atoms with van der Waals surface area (Å²) in [6.07, 6.45) is 0.654. The van der Waals surface area contributed by atoms with Gasteiger partial charge in [-0.1, -0.05) is 26.0 Å². The minimum absolute atomic E-state index is 0.0266. The van der Waals surface area contributed by atoms with Crippen LogP contribution in [-0.4, -0.2) is 38.1 Å². The first kappa shape index (κ1) is 22.8. The van der Waals surface area contributed by atoms with E-state index in [4.69, 9.17) is 4.74 Å². The van der Waals surface area contributed by atoms with Crippen LogP contribution in [0.4, 0.5) is 10.8 Å². The van der Waals surface area contributed by atoms with Crippen LogP contribution in [0, 0.1) is 5.92 Å². The second-order valence-electron chi connectivity index (χ2n) is 6.71. The van der Waals surface area contributed by atoms with E-state index in [1.807, 2.05) is 13.8 Å². The van der Waals surface area contributed by atoms with Crippen LogP contribution in [0.5, 0.6) is 5.75 Å². The Morgan fingerprint density at radius 3 is 2.55 bits per heavy atom. The standard InChI is InChI=1S/C18H24N4O5S2/c1-12(2)10-27-15-7-5-4-6-14(15)21-16(23)8-17(24)22-18-20-13(11-28-18)9-19-29(3,25)26/h4-7,11-12,19H,8-10H2,1-3H3,(H,21,23)(H,20,22,24). The van der Waals surface area contributed by atoms with Crippen molar-refractivity contribution in [1.29, 1.82) is 0 Å². The first-order valence-electron chi connectivity index (χ1n) is 8.83. The molecule has 2 amide bonds. The molecule has 2 rings (SSSR count). The van der Waals surface area contributed by atoms with Crippen molar-refractivity contribution in [3.8, 4) is 5.75 Å². The third-order valence-electron chi connectivity index (χ3n) is 3.37. The Labute approximate surface area is 173 Å². The lowest BCUT2D eigenvalue weighted by Gasteiger charge is -2.13. The number of nitrogens with zero attached hydrogens (tertiary/aromatic N) is 1. The molecule has 0 radical (unpaired) electrons. The molecule has 11 heteroatoms. The number of anilines is 2. The highest BCUT2D eigenvalue weighted by molar-refractivity contribution is 7.88. The minimum Gasteiger partial charge on any atom is -0.491 e. The number of rotatable bonds is 10. The summed E-state index contributed by atoms with van der Waals surface area (Å²) in [5.74, 6) is -0.142. The number of carbonyl (C=O) groups is 2. The average molecular weight is 441 g/mol. The van der Waals surface area contributed by atoms with Crippen LogP contribution in [0.2, 0.25) is 0 Å². The van der Waals surface area contributed by atoms with Crippen LogP contribution in [0.1, 0.15) is 26.0 Å². The van der Waals surface area contributed by atoms with E-state index in [0.717, 1.165) is 17.6 Å². The fourth-order valence-electron chi connectivity index (χ4n) is 2.11. The Bertz CT molecular complexity index is 957. The van der Waals surface area contributed by atoms with Crippen LogP contribution < -0.4 is 20.1 Å². The molecule has 158 valence electrons. The topological polar surface area (TPSA) is 126 Å². The van der Waals surface area contributed by atoms with Crippen molar-refractivity contribution in [3.63, 3.8) is 0 Å². The fraction of sp³-hybridized carbons (Fsp3) is 0.389. The molecule has 0 bridgehead atoms. The molecule has 2 aromatic rings. The summed E-state index contributed by atoms with van der Waals surface area (Å²) >= 11 is 1.14. The maximum atomic E-state index is 12.2. The average Bonchev–Trinajstić information content (AvgIpc) is 3.05. The number of benzene rings is 1. The summed E-state index contributed by atoms with van der Waals surface area (Å²) in [7, 11) is -3.33. The third-order valence-corrected chi connectivity index (χ3v) is 4.84. The van der Waals surface area contributed by atoms with Crippen LogP contribution in [-0.2, 0) is 26.2 Å². The van der Waals surface area contributed by atoms with Gasteiger partial charge in [-0.3, -0.25) is 9.59 Å². The van der Waals surface area contributed by atoms with Gasteiger partial charge in [-0.25, -0.2) is 18.1 Å². The lowest BCUT2D eigenvalue weighted by Crippen LogP contribution is -2.22. The maximum absolute atomic E-state index is 12.2. The first-order chi connectivity index (χ1) is 13.6. The Balaban J connectivity index is 1.87. The molecule has 0 saturated carbocycles. The molecule has 29 heavy (non-hydrogen) atoms. The van der Waals surface area contributed by atoms with E-state index in [1.54, 1.807) is 29.6 Å². The minimum atomic E-state index is -3.33. The van der Waals surface area contributed by atoms with E-state index in [1.165, 1.54) is 0 Å². The quantitative estimate of drug-likeness (QED) is 0.486. The Hall–Kier alpha value is -2.50. The van der Waals surface area contributed by atoms with Gasteiger partial charge in [-0.2, -0.15) is 0 Å². The van der Waals surface area contributed by atoms with Crippen molar-refractivity contribution in [2.45, 2.75) is 26.8 Å². The summed E-state index contributed by atoms with van der Waals surface area (Å²) in [6.45, 7) is 4.58. The van der Waals surface area contributed by atoms with Gasteiger partial charge in [0.2, 0.25) is 21.8 Å². The van der Waals surface area contributed by atoms with Crippen molar-refractivity contribution < 1.29 is 22.7 Å². The zero-order chi connectivity index (χ0) is 21.4. The molecule has 0 aliphatic heterocycles. The Kier molecular flexibility index (Phi) is 8.11. The van der Waals surface area contributed by atoms with Crippen molar-refractivity contribution >= 4 is 44.0 Å². The number of hydrogen-bond donors (Lipinski definition) is 3. The molecule has 1 aromatic carbocycles. The summed E-state index contributed by atoms with van der Waals surface area (Å²) in [5.41, 5.74) is 0.964.